The number of hydrogen-bond acceptors (Lipinski definition) is 1. The van der Waals surface area contributed by atoms with Crippen LogP contribution in [0.3, 0.4) is 0 Å². The molecule has 0 fully saturated rings. The molecule has 2 aromatic rings. The second-order valence-corrected chi connectivity index (χ2v) is 4.69. The van der Waals surface area contributed by atoms with Crippen LogP contribution in [0.2, 0.25) is 0 Å². The smallest absolute Gasteiger partial charge is 0.119 e. The van der Waals surface area contributed by atoms with Crippen LogP contribution in [0.1, 0.15) is 18.1 Å². The third-order valence-electron chi connectivity index (χ3n) is 3.00. The molecule has 2 rings (SSSR count). The summed E-state index contributed by atoms with van der Waals surface area (Å²) in [5.74, 6) is 3.91. The van der Waals surface area contributed by atoms with E-state index in [9.17, 15) is 0 Å². The third kappa shape index (κ3) is 4.19. The molecular formula is C18H18O. The first-order valence-corrected chi connectivity index (χ1v) is 6.49. The average molecular weight is 250 g/mol. The Kier molecular flexibility index (Phi) is 4.64. The Labute approximate surface area is 115 Å². The molecule has 0 aromatic heterocycles. The van der Waals surface area contributed by atoms with Crippen molar-refractivity contribution >= 4 is 0 Å². The van der Waals surface area contributed by atoms with Crippen LogP contribution in [0.5, 0.6) is 5.75 Å². The summed E-state index contributed by atoms with van der Waals surface area (Å²) in [7, 11) is 0. The predicted octanol–water partition coefficient (Wildman–Crippen LogP) is 4.08. The predicted molar refractivity (Wildman–Crippen MR) is 78.9 cm³/mol. The molecule has 0 saturated carbocycles. The van der Waals surface area contributed by atoms with Crippen LogP contribution in [-0.2, 0) is 13.0 Å². The lowest BCUT2D eigenvalue weighted by Crippen LogP contribution is -1.97. The van der Waals surface area contributed by atoms with Gasteiger partial charge in [-0.05, 0) is 29.7 Å². The summed E-state index contributed by atoms with van der Waals surface area (Å²) in [6, 6.07) is 18.3. The molecule has 0 heterocycles. The van der Waals surface area contributed by atoms with Gasteiger partial charge in [-0.1, -0.05) is 49.4 Å². The fourth-order valence-corrected chi connectivity index (χ4v) is 1.88. The molecular weight excluding hydrogens is 232 g/mol. The van der Waals surface area contributed by atoms with E-state index in [0.29, 0.717) is 6.61 Å². The van der Waals surface area contributed by atoms with Gasteiger partial charge in [-0.3, -0.25) is 0 Å². The number of benzene rings is 2. The topological polar surface area (TPSA) is 9.23 Å². The van der Waals surface area contributed by atoms with E-state index < -0.39 is 0 Å². The van der Waals surface area contributed by atoms with Gasteiger partial charge in [0.25, 0.3) is 0 Å². The second-order valence-electron chi connectivity index (χ2n) is 4.69. The van der Waals surface area contributed by atoms with Crippen LogP contribution in [0.15, 0.2) is 54.6 Å². The molecule has 0 spiro atoms. The maximum atomic E-state index is 5.74. The monoisotopic (exact) mass is 250 g/mol. The van der Waals surface area contributed by atoms with Crippen molar-refractivity contribution in [2.75, 3.05) is 0 Å². The number of ether oxygens (including phenoxy) is 1. The SMILES string of the molecule is C#CC(C)Cc1ccc(OCc2ccccc2)cc1. The lowest BCUT2D eigenvalue weighted by atomic mass is 10.0. The van der Waals surface area contributed by atoms with Crippen molar-refractivity contribution in [3.05, 3.63) is 65.7 Å². The lowest BCUT2D eigenvalue weighted by Gasteiger charge is -2.08. The van der Waals surface area contributed by atoms with Gasteiger partial charge in [0.2, 0.25) is 0 Å². The molecule has 0 aliphatic rings. The summed E-state index contributed by atoms with van der Waals surface area (Å²) in [5.41, 5.74) is 2.42. The molecule has 0 saturated heterocycles. The first kappa shape index (κ1) is 13.2. The average Bonchev–Trinajstić information content (AvgIpc) is 2.47. The van der Waals surface area contributed by atoms with Crippen molar-refractivity contribution in [3.8, 4) is 18.1 Å². The highest BCUT2D eigenvalue weighted by Crippen LogP contribution is 2.16. The summed E-state index contributed by atoms with van der Waals surface area (Å²) in [4.78, 5) is 0. The zero-order valence-corrected chi connectivity index (χ0v) is 11.2. The molecule has 1 atom stereocenters. The summed E-state index contributed by atoms with van der Waals surface area (Å²) in [6.07, 6.45) is 6.30. The van der Waals surface area contributed by atoms with Gasteiger partial charge in [-0.25, -0.2) is 0 Å². The van der Waals surface area contributed by atoms with Crippen LogP contribution >= 0.6 is 0 Å². The Balaban J connectivity index is 1.90. The van der Waals surface area contributed by atoms with E-state index in [2.05, 4.69) is 37.1 Å². The van der Waals surface area contributed by atoms with Crippen LogP contribution < -0.4 is 4.74 Å². The van der Waals surface area contributed by atoms with E-state index in [4.69, 9.17) is 11.2 Å². The minimum atomic E-state index is 0.274. The highest BCUT2D eigenvalue weighted by atomic mass is 16.5. The van der Waals surface area contributed by atoms with Crippen LogP contribution in [0, 0.1) is 18.3 Å². The van der Waals surface area contributed by atoms with Crippen molar-refractivity contribution < 1.29 is 4.74 Å². The zero-order valence-electron chi connectivity index (χ0n) is 11.2. The Morgan fingerprint density at radius 1 is 1.00 bits per heavy atom. The summed E-state index contributed by atoms with van der Waals surface area (Å²) < 4.78 is 5.74. The van der Waals surface area contributed by atoms with Crippen LogP contribution in [-0.4, -0.2) is 0 Å². The van der Waals surface area contributed by atoms with Crippen molar-refractivity contribution in [2.24, 2.45) is 5.92 Å². The Morgan fingerprint density at radius 3 is 2.32 bits per heavy atom. The van der Waals surface area contributed by atoms with Gasteiger partial charge >= 0.3 is 0 Å². The Morgan fingerprint density at radius 2 is 1.68 bits per heavy atom. The summed E-state index contributed by atoms with van der Waals surface area (Å²) in [6.45, 7) is 2.65. The number of terminal acetylenes is 1. The number of hydrogen-bond donors (Lipinski definition) is 0. The molecule has 0 bridgehead atoms. The van der Waals surface area contributed by atoms with E-state index in [1.165, 1.54) is 11.1 Å². The molecule has 0 aliphatic carbocycles. The minimum absolute atomic E-state index is 0.274. The zero-order chi connectivity index (χ0) is 13.5. The standard InChI is InChI=1S/C18H18O/c1-3-15(2)13-16-9-11-18(12-10-16)19-14-17-7-5-4-6-8-17/h1,4-12,15H,13-14H2,2H3. The molecule has 2 aromatic carbocycles. The van der Waals surface area contributed by atoms with Crippen molar-refractivity contribution in [3.63, 3.8) is 0 Å². The van der Waals surface area contributed by atoms with Crippen LogP contribution in [0.25, 0.3) is 0 Å². The fraction of sp³-hybridized carbons (Fsp3) is 0.222. The normalized spacial score (nSPS) is 11.6. The van der Waals surface area contributed by atoms with Gasteiger partial charge < -0.3 is 4.74 Å². The van der Waals surface area contributed by atoms with E-state index in [1.807, 2.05) is 30.3 Å². The van der Waals surface area contributed by atoms with Gasteiger partial charge in [0.1, 0.15) is 12.4 Å². The third-order valence-corrected chi connectivity index (χ3v) is 3.00. The second kappa shape index (κ2) is 6.66. The first-order valence-electron chi connectivity index (χ1n) is 6.49. The van der Waals surface area contributed by atoms with Gasteiger partial charge in [0.15, 0.2) is 0 Å². The Hall–Kier alpha value is -2.20. The Bertz CT molecular complexity index is 534. The van der Waals surface area contributed by atoms with Crippen molar-refractivity contribution in [1.29, 1.82) is 0 Å². The molecule has 0 aliphatic heterocycles. The highest BCUT2D eigenvalue weighted by molar-refractivity contribution is 5.28. The van der Waals surface area contributed by atoms with Gasteiger partial charge in [-0.2, -0.15) is 0 Å². The highest BCUT2D eigenvalue weighted by Gasteiger charge is 2.00. The molecule has 1 nitrogen and oxygen atoms in total. The lowest BCUT2D eigenvalue weighted by molar-refractivity contribution is 0.306. The van der Waals surface area contributed by atoms with E-state index >= 15 is 0 Å². The van der Waals surface area contributed by atoms with E-state index in [-0.39, 0.29) is 5.92 Å². The van der Waals surface area contributed by atoms with Gasteiger partial charge in [-0.15, -0.1) is 12.3 Å². The number of rotatable bonds is 5. The molecule has 1 heteroatoms. The quantitative estimate of drug-likeness (QED) is 0.727. The van der Waals surface area contributed by atoms with Crippen LogP contribution in [0.4, 0.5) is 0 Å². The molecule has 0 amide bonds. The molecule has 1 unspecified atom stereocenters. The van der Waals surface area contributed by atoms with E-state index in [0.717, 1.165) is 12.2 Å². The maximum absolute atomic E-state index is 5.74. The van der Waals surface area contributed by atoms with Gasteiger partial charge in [0.05, 0.1) is 0 Å². The van der Waals surface area contributed by atoms with Crippen molar-refractivity contribution in [2.45, 2.75) is 20.0 Å². The molecule has 96 valence electrons. The first-order chi connectivity index (χ1) is 9.28. The fourth-order valence-electron chi connectivity index (χ4n) is 1.88. The summed E-state index contributed by atoms with van der Waals surface area (Å²) in [5, 5.41) is 0. The molecule has 0 N–H and O–H groups in total. The molecule has 0 radical (unpaired) electrons. The maximum Gasteiger partial charge on any atom is 0.119 e. The molecule has 19 heavy (non-hydrogen) atoms. The van der Waals surface area contributed by atoms with Gasteiger partial charge in [0, 0.05) is 5.92 Å². The van der Waals surface area contributed by atoms with Crippen molar-refractivity contribution in [1.82, 2.24) is 0 Å². The summed E-state index contributed by atoms with van der Waals surface area (Å²) >= 11 is 0. The largest absolute Gasteiger partial charge is 0.489 e. The minimum Gasteiger partial charge on any atom is -0.489 e. The van der Waals surface area contributed by atoms with E-state index in [1.54, 1.807) is 0 Å².